The van der Waals surface area contributed by atoms with Crippen LogP contribution < -0.4 is 11.1 Å². The van der Waals surface area contributed by atoms with Gasteiger partial charge in [0.1, 0.15) is 12.1 Å². The molecule has 0 aromatic heterocycles. The van der Waals surface area contributed by atoms with Crippen LogP contribution in [-0.2, 0) is 32.0 Å². The summed E-state index contributed by atoms with van der Waals surface area (Å²) in [6.45, 7) is 5.12. The van der Waals surface area contributed by atoms with Gasteiger partial charge in [0.05, 0.1) is 30.2 Å². The van der Waals surface area contributed by atoms with E-state index in [9.17, 15) is 29.4 Å². The van der Waals surface area contributed by atoms with E-state index in [1.54, 1.807) is 54.6 Å². The smallest absolute Gasteiger partial charge is 0.325 e. The molecule has 220 valence electrons. The van der Waals surface area contributed by atoms with E-state index >= 15 is 0 Å². The number of imide groups is 1. The van der Waals surface area contributed by atoms with Gasteiger partial charge >= 0.3 is 5.97 Å². The van der Waals surface area contributed by atoms with Gasteiger partial charge in [-0.3, -0.25) is 24.1 Å². The van der Waals surface area contributed by atoms with Crippen LogP contribution in [0.5, 0.6) is 0 Å². The van der Waals surface area contributed by atoms with Crippen molar-refractivity contribution in [3.8, 4) is 6.07 Å². The molecule has 0 aliphatic heterocycles. The summed E-state index contributed by atoms with van der Waals surface area (Å²) in [7, 11) is 0. The number of nitrogens with zero attached hydrogens (tertiary/aromatic N) is 2. The highest BCUT2D eigenvalue weighted by atomic mass is 16.4. The van der Waals surface area contributed by atoms with E-state index < -0.39 is 54.3 Å². The quantitative estimate of drug-likeness (QED) is 0.255. The number of rotatable bonds is 15. The number of carboxylic acid groups (broad SMARTS) is 1. The largest absolute Gasteiger partial charge is 0.480 e. The van der Waals surface area contributed by atoms with E-state index in [1.165, 1.54) is 6.92 Å². The Labute approximate surface area is 241 Å². The zero-order valence-electron chi connectivity index (χ0n) is 23.8. The van der Waals surface area contributed by atoms with Gasteiger partial charge in [-0.05, 0) is 48.9 Å². The van der Waals surface area contributed by atoms with Crippen LogP contribution >= 0.6 is 0 Å². The number of carboxylic acids is 1. The van der Waals surface area contributed by atoms with Crippen molar-refractivity contribution in [2.24, 2.45) is 11.7 Å². The summed E-state index contributed by atoms with van der Waals surface area (Å²) in [6.07, 6.45) is 0.931. The lowest BCUT2D eigenvalue weighted by Gasteiger charge is -2.33. The van der Waals surface area contributed by atoms with Crippen molar-refractivity contribution in [3.05, 3.63) is 71.3 Å². The normalized spacial score (nSPS) is 14.5. The minimum Gasteiger partial charge on any atom is -0.480 e. The maximum absolute atomic E-state index is 13.8. The van der Waals surface area contributed by atoms with Crippen molar-refractivity contribution in [2.75, 3.05) is 0 Å². The molecule has 0 unspecified atom stereocenters. The Kier molecular flexibility index (Phi) is 13.1. The molecule has 3 amide bonds. The van der Waals surface area contributed by atoms with Gasteiger partial charge < -0.3 is 21.3 Å². The van der Waals surface area contributed by atoms with Crippen molar-refractivity contribution in [1.29, 1.82) is 5.26 Å². The summed E-state index contributed by atoms with van der Waals surface area (Å²) in [5, 5.41) is 31.6. The Hall–Kier alpha value is -4.07. The fourth-order valence-corrected chi connectivity index (χ4v) is 4.39. The minimum atomic E-state index is -1.41. The van der Waals surface area contributed by atoms with Gasteiger partial charge in [0.15, 0.2) is 0 Å². The second kappa shape index (κ2) is 16.3. The number of hydrogen-bond acceptors (Lipinski definition) is 7. The summed E-state index contributed by atoms with van der Waals surface area (Å²) in [5.74, 6) is -3.94. The van der Waals surface area contributed by atoms with E-state index in [2.05, 4.69) is 5.32 Å². The van der Waals surface area contributed by atoms with E-state index in [0.29, 0.717) is 23.1 Å². The Morgan fingerprint density at radius 3 is 2.17 bits per heavy atom. The first-order valence-corrected chi connectivity index (χ1v) is 13.8. The molecule has 10 heteroatoms. The highest BCUT2D eigenvalue weighted by molar-refractivity contribution is 6.03. The Balaban J connectivity index is 2.47. The molecule has 0 heterocycles. The number of nitrogens with two attached hydrogens (primary N) is 1. The van der Waals surface area contributed by atoms with Crippen LogP contribution in [0.3, 0.4) is 0 Å². The molecule has 5 atom stereocenters. The number of hydrogen-bond donors (Lipinski definition) is 4. The van der Waals surface area contributed by atoms with Crippen LogP contribution in [0.15, 0.2) is 54.6 Å². The third kappa shape index (κ3) is 10.1. The van der Waals surface area contributed by atoms with Crippen LogP contribution in [-0.4, -0.2) is 63.0 Å². The molecule has 0 saturated carbocycles. The lowest BCUT2D eigenvalue weighted by Crippen LogP contribution is -2.59. The Bertz CT molecular complexity index is 1210. The highest BCUT2D eigenvalue weighted by Gasteiger charge is 2.39. The SMILES string of the molecule is CCCC[C@H](C)[C@@H](O)CC(=O)N(C(=O)[C@H](N)Cc1ccc(C#N)cc1)[C@H](Cc1ccccc1)C(=O)N[C@H](C)C(=O)O. The van der Waals surface area contributed by atoms with Crippen molar-refractivity contribution in [2.45, 2.75) is 83.5 Å². The monoisotopic (exact) mass is 564 g/mol. The number of aliphatic hydroxyl groups is 1. The molecule has 0 aliphatic carbocycles. The molecular weight excluding hydrogens is 524 g/mol. The number of unbranched alkanes of at least 4 members (excludes halogenated alkanes) is 1. The van der Waals surface area contributed by atoms with Crippen molar-refractivity contribution in [1.82, 2.24) is 10.2 Å². The number of nitrogens with one attached hydrogen (secondary N) is 1. The number of benzene rings is 2. The van der Waals surface area contributed by atoms with Gasteiger partial charge in [-0.25, -0.2) is 0 Å². The second-order valence-corrected chi connectivity index (χ2v) is 10.4. The minimum absolute atomic E-state index is 0.0228. The first-order chi connectivity index (χ1) is 19.5. The van der Waals surface area contributed by atoms with E-state index in [0.717, 1.165) is 17.7 Å². The Morgan fingerprint density at radius 1 is 1.00 bits per heavy atom. The first-order valence-electron chi connectivity index (χ1n) is 13.8. The van der Waals surface area contributed by atoms with Gasteiger partial charge in [-0.1, -0.05) is 69.2 Å². The molecule has 2 rings (SSSR count). The number of carbonyl (C=O) groups is 4. The maximum Gasteiger partial charge on any atom is 0.325 e. The van der Waals surface area contributed by atoms with Gasteiger partial charge in [-0.2, -0.15) is 5.26 Å². The fourth-order valence-electron chi connectivity index (χ4n) is 4.39. The predicted octanol–water partition coefficient (Wildman–Crippen LogP) is 2.56. The lowest BCUT2D eigenvalue weighted by atomic mass is 9.94. The average molecular weight is 565 g/mol. The molecule has 0 spiro atoms. The molecule has 0 aliphatic rings. The third-order valence-corrected chi connectivity index (χ3v) is 7.03. The molecule has 2 aromatic carbocycles. The van der Waals surface area contributed by atoms with Crippen LogP contribution in [0.2, 0.25) is 0 Å². The second-order valence-electron chi connectivity index (χ2n) is 10.4. The third-order valence-electron chi connectivity index (χ3n) is 7.03. The molecule has 0 radical (unpaired) electrons. The topological polar surface area (TPSA) is 174 Å². The number of aliphatic hydroxyl groups excluding tert-OH is 1. The maximum atomic E-state index is 13.8. The fraction of sp³-hybridized carbons (Fsp3) is 0.452. The average Bonchev–Trinajstić information content (AvgIpc) is 2.96. The lowest BCUT2D eigenvalue weighted by molar-refractivity contribution is -0.154. The summed E-state index contributed by atoms with van der Waals surface area (Å²) in [6, 6.07) is 13.3. The zero-order chi connectivity index (χ0) is 30.5. The number of carbonyl (C=O) groups excluding carboxylic acids is 3. The molecule has 5 N–H and O–H groups in total. The summed E-state index contributed by atoms with van der Waals surface area (Å²) in [5.41, 5.74) is 8.02. The molecule has 0 fully saturated rings. The van der Waals surface area contributed by atoms with Crippen molar-refractivity contribution >= 4 is 23.7 Å². The molecular formula is C31H40N4O6. The van der Waals surface area contributed by atoms with Crippen molar-refractivity contribution < 1.29 is 29.4 Å². The molecule has 0 bridgehead atoms. The zero-order valence-corrected chi connectivity index (χ0v) is 23.8. The van der Waals surface area contributed by atoms with Gasteiger partial charge in [0.25, 0.3) is 0 Å². The number of amides is 3. The Morgan fingerprint density at radius 2 is 1.61 bits per heavy atom. The van der Waals surface area contributed by atoms with Gasteiger partial charge in [-0.15, -0.1) is 0 Å². The van der Waals surface area contributed by atoms with Crippen LogP contribution in [0.1, 0.15) is 63.1 Å². The molecule has 0 saturated heterocycles. The van der Waals surface area contributed by atoms with Gasteiger partial charge in [0, 0.05) is 6.42 Å². The highest BCUT2D eigenvalue weighted by Crippen LogP contribution is 2.20. The summed E-state index contributed by atoms with van der Waals surface area (Å²) >= 11 is 0. The number of aliphatic carboxylic acids is 1. The van der Waals surface area contributed by atoms with E-state index in [-0.39, 0.29) is 18.8 Å². The summed E-state index contributed by atoms with van der Waals surface area (Å²) < 4.78 is 0. The van der Waals surface area contributed by atoms with Crippen LogP contribution in [0, 0.1) is 17.2 Å². The number of nitriles is 1. The standard InChI is InChI=1S/C31H40N4O6/c1-4-5-9-20(2)27(36)18-28(37)35(30(39)25(33)16-23-12-14-24(19-32)15-13-23)26(17-22-10-7-6-8-11-22)29(38)34-21(3)31(40)41/h6-8,10-15,20-21,25-27,36H,4-5,9,16-18,33H2,1-3H3,(H,34,38)(H,40,41)/t20-,21+,25+,26+,27-/m0/s1. The van der Waals surface area contributed by atoms with E-state index in [1.807, 2.05) is 19.9 Å². The van der Waals surface area contributed by atoms with Crippen LogP contribution in [0.25, 0.3) is 0 Å². The molecule has 41 heavy (non-hydrogen) atoms. The predicted molar refractivity (Wildman–Crippen MR) is 153 cm³/mol. The molecule has 10 nitrogen and oxygen atoms in total. The van der Waals surface area contributed by atoms with Crippen LogP contribution in [0.4, 0.5) is 0 Å². The van der Waals surface area contributed by atoms with Crippen molar-refractivity contribution in [3.63, 3.8) is 0 Å². The summed E-state index contributed by atoms with van der Waals surface area (Å²) in [4.78, 5) is 53.3. The van der Waals surface area contributed by atoms with Gasteiger partial charge in [0.2, 0.25) is 17.7 Å². The van der Waals surface area contributed by atoms with E-state index in [4.69, 9.17) is 11.0 Å². The first kappa shape index (κ1) is 33.1. The molecule has 2 aromatic rings.